The summed E-state index contributed by atoms with van der Waals surface area (Å²) in [7, 11) is 0. The van der Waals surface area contributed by atoms with E-state index in [2.05, 4.69) is 0 Å². The van der Waals surface area contributed by atoms with Crippen LogP contribution >= 0.6 is 0 Å². The Morgan fingerprint density at radius 1 is 1.40 bits per heavy atom. The zero-order valence-corrected chi connectivity index (χ0v) is 8.82. The van der Waals surface area contributed by atoms with Gasteiger partial charge in [0.05, 0.1) is 6.54 Å². The third kappa shape index (κ3) is 3.51. The van der Waals surface area contributed by atoms with E-state index >= 15 is 0 Å². The number of carboxylic acids is 1. The molecule has 0 aromatic heterocycles. The monoisotopic (exact) mass is 214 g/mol. The summed E-state index contributed by atoms with van der Waals surface area (Å²) in [6.45, 7) is 0.740. The quantitative estimate of drug-likeness (QED) is 0.699. The SMILES string of the molecule is NCC(=O)N1CCCCC1CCC(=O)O. The van der Waals surface area contributed by atoms with Gasteiger partial charge in [-0.1, -0.05) is 0 Å². The average molecular weight is 214 g/mol. The predicted molar refractivity (Wildman–Crippen MR) is 55.3 cm³/mol. The summed E-state index contributed by atoms with van der Waals surface area (Å²) in [5, 5.41) is 8.60. The number of carbonyl (C=O) groups excluding carboxylic acids is 1. The van der Waals surface area contributed by atoms with Crippen molar-refractivity contribution in [2.45, 2.75) is 38.1 Å². The van der Waals surface area contributed by atoms with Crippen molar-refractivity contribution in [2.24, 2.45) is 5.73 Å². The van der Waals surface area contributed by atoms with E-state index < -0.39 is 5.97 Å². The fourth-order valence-electron chi connectivity index (χ4n) is 2.04. The Hall–Kier alpha value is -1.10. The molecule has 86 valence electrons. The van der Waals surface area contributed by atoms with Crippen LogP contribution in [0.4, 0.5) is 0 Å². The molecule has 1 fully saturated rings. The molecule has 3 N–H and O–H groups in total. The fourth-order valence-corrected chi connectivity index (χ4v) is 2.04. The van der Waals surface area contributed by atoms with Crippen molar-refractivity contribution in [1.82, 2.24) is 4.90 Å². The first-order valence-electron chi connectivity index (χ1n) is 5.36. The summed E-state index contributed by atoms with van der Waals surface area (Å²) in [6, 6.07) is 0.0749. The molecular weight excluding hydrogens is 196 g/mol. The number of rotatable bonds is 4. The Labute approximate surface area is 89.2 Å². The molecule has 1 amide bonds. The zero-order valence-electron chi connectivity index (χ0n) is 8.82. The number of piperidine rings is 1. The molecule has 1 unspecified atom stereocenters. The van der Waals surface area contributed by atoms with Crippen LogP contribution in [0.3, 0.4) is 0 Å². The van der Waals surface area contributed by atoms with Crippen LogP contribution in [0.5, 0.6) is 0 Å². The van der Waals surface area contributed by atoms with Crippen molar-refractivity contribution in [3.8, 4) is 0 Å². The second-order valence-corrected chi connectivity index (χ2v) is 3.87. The number of amides is 1. The van der Waals surface area contributed by atoms with Gasteiger partial charge in [0.1, 0.15) is 0 Å². The lowest BCUT2D eigenvalue weighted by atomic mass is 9.98. The number of likely N-dealkylation sites (tertiary alicyclic amines) is 1. The van der Waals surface area contributed by atoms with Gasteiger partial charge >= 0.3 is 5.97 Å². The number of nitrogens with zero attached hydrogens (tertiary/aromatic N) is 1. The molecule has 1 aliphatic heterocycles. The van der Waals surface area contributed by atoms with Crippen molar-refractivity contribution in [3.63, 3.8) is 0 Å². The molecule has 0 bridgehead atoms. The van der Waals surface area contributed by atoms with E-state index in [1.165, 1.54) is 0 Å². The topological polar surface area (TPSA) is 83.6 Å². The van der Waals surface area contributed by atoms with E-state index in [0.717, 1.165) is 25.8 Å². The Morgan fingerprint density at radius 2 is 2.13 bits per heavy atom. The van der Waals surface area contributed by atoms with Crippen LogP contribution in [0.15, 0.2) is 0 Å². The van der Waals surface area contributed by atoms with Crippen molar-refractivity contribution in [2.75, 3.05) is 13.1 Å². The van der Waals surface area contributed by atoms with Gasteiger partial charge < -0.3 is 15.7 Å². The molecule has 15 heavy (non-hydrogen) atoms. The summed E-state index contributed by atoms with van der Waals surface area (Å²) >= 11 is 0. The molecule has 1 atom stereocenters. The minimum atomic E-state index is -0.805. The maximum Gasteiger partial charge on any atom is 0.303 e. The lowest BCUT2D eigenvalue weighted by molar-refractivity contribution is -0.139. The highest BCUT2D eigenvalue weighted by molar-refractivity contribution is 5.78. The van der Waals surface area contributed by atoms with Crippen molar-refractivity contribution < 1.29 is 14.7 Å². The molecule has 0 saturated carbocycles. The maximum absolute atomic E-state index is 11.5. The maximum atomic E-state index is 11.5. The van der Waals surface area contributed by atoms with E-state index in [4.69, 9.17) is 10.8 Å². The van der Waals surface area contributed by atoms with E-state index in [1.807, 2.05) is 0 Å². The smallest absolute Gasteiger partial charge is 0.303 e. The van der Waals surface area contributed by atoms with Crippen molar-refractivity contribution in [3.05, 3.63) is 0 Å². The highest BCUT2D eigenvalue weighted by Crippen LogP contribution is 2.20. The van der Waals surface area contributed by atoms with E-state index in [1.54, 1.807) is 4.90 Å². The molecule has 0 aliphatic carbocycles. The number of hydrogen-bond donors (Lipinski definition) is 2. The van der Waals surface area contributed by atoms with Crippen LogP contribution in [0.1, 0.15) is 32.1 Å². The van der Waals surface area contributed by atoms with E-state index in [9.17, 15) is 9.59 Å². The van der Waals surface area contributed by atoms with Crippen LogP contribution < -0.4 is 5.73 Å². The van der Waals surface area contributed by atoms with Crippen LogP contribution in [0.2, 0.25) is 0 Å². The van der Waals surface area contributed by atoms with Gasteiger partial charge in [0.25, 0.3) is 0 Å². The van der Waals surface area contributed by atoms with E-state index in [-0.39, 0.29) is 24.9 Å². The lowest BCUT2D eigenvalue weighted by Gasteiger charge is -2.35. The third-order valence-corrected chi connectivity index (χ3v) is 2.81. The molecule has 5 nitrogen and oxygen atoms in total. The number of hydrogen-bond acceptors (Lipinski definition) is 3. The third-order valence-electron chi connectivity index (χ3n) is 2.81. The largest absolute Gasteiger partial charge is 0.481 e. The normalized spacial score (nSPS) is 21.4. The first kappa shape index (κ1) is 12.0. The summed E-state index contributed by atoms with van der Waals surface area (Å²) in [4.78, 5) is 23.7. The summed E-state index contributed by atoms with van der Waals surface area (Å²) < 4.78 is 0. The van der Waals surface area contributed by atoms with Crippen LogP contribution in [-0.4, -0.2) is 41.0 Å². The number of carboxylic acid groups (broad SMARTS) is 1. The first-order valence-corrected chi connectivity index (χ1v) is 5.36. The molecule has 1 saturated heterocycles. The minimum Gasteiger partial charge on any atom is -0.481 e. The van der Waals surface area contributed by atoms with Gasteiger partial charge in [-0.05, 0) is 25.7 Å². The molecule has 1 heterocycles. The highest BCUT2D eigenvalue weighted by Gasteiger charge is 2.25. The zero-order chi connectivity index (χ0) is 11.3. The Bertz CT molecular complexity index is 243. The summed E-state index contributed by atoms with van der Waals surface area (Å²) in [5.41, 5.74) is 5.31. The number of aliphatic carboxylic acids is 1. The minimum absolute atomic E-state index is 0.0174. The fraction of sp³-hybridized carbons (Fsp3) is 0.800. The van der Waals surface area contributed by atoms with Gasteiger partial charge in [-0.3, -0.25) is 9.59 Å². The second kappa shape index (κ2) is 5.70. The molecule has 5 heteroatoms. The van der Waals surface area contributed by atoms with Gasteiger partial charge in [0.15, 0.2) is 0 Å². The molecule has 0 aromatic rings. The van der Waals surface area contributed by atoms with Gasteiger partial charge in [-0.2, -0.15) is 0 Å². The first-order chi connectivity index (χ1) is 7.15. The summed E-state index contributed by atoms with van der Waals surface area (Å²) in [5.74, 6) is -0.870. The predicted octanol–water partition coefficient (Wildman–Crippen LogP) is 0.191. The van der Waals surface area contributed by atoms with E-state index in [0.29, 0.717) is 6.42 Å². The molecular formula is C10H18N2O3. The molecule has 0 radical (unpaired) electrons. The number of carbonyl (C=O) groups is 2. The Kier molecular flexibility index (Phi) is 4.55. The van der Waals surface area contributed by atoms with Crippen LogP contribution in [-0.2, 0) is 9.59 Å². The molecule has 1 rings (SSSR count). The second-order valence-electron chi connectivity index (χ2n) is 3.87. The van der Waals surface area contributed by atoms with Crippen molar-refractivity contribution in [1.29, 1.82) is 0 Å². The van der Waals surface area contributed by atoms with Crippen LogP contribution in [0.25, 0.3) is 0 Å². The highest BCUT2D eigenvalue weighted by atomic mass is 16.4. The van der Waals surface area contributed by atoms with Gasteiger partial charge in [0, 0.05) is 19.0 Å². The number of nitrogens with two attached hydrogens (primary N) is 1. The summed E-state index contributed by atoms with van der Waals surface area (Å²) in [6.07, 6.45) is 3.63. The Balaban J connectivity index is 2.49. The van der Waals surface area contributed by atoms with Gasteiger partial charge in [-0.15, -0.1) is 0 Å². The molecule has 0 aromatic carbocycles. The molecule has 1 aliphatic rings. The van der Waals surface area contributed by atoms with Gasteiger partial charge in [0.2, 0.25) is 5.91 Å². The van der Waals surface area contributed by atoms with Gasteiger partial charge in [-0.25, -0.2) is 0 Å². The Morgan fingerprint density at radius 3 is 2.73 bits per heavy atom. The van der Waals surface area contributed by atoms with Crippen LogP contribution in [0, 0.1) is 0 Å². The van der Waals surface area contributed by atoms with Crippen molar-refractivity contribution >= 4 is 11.9 Å². The molecule has 0 spiro atoms. The lowest BCUT2D eigenvalue weighted by Crippen LogP contribution is -2.46. The average Bonchev–Trinajstić information content (AvgIpc) is 2.25. The standard InChI is InChI=1S/C10H18N2O3/c11-7-9(13)12-6-2-1-3-8(12)4-5-10(14)15/h8H,1-7,11H2,(H,14,15).